The Morgan fingerprint density at radius 2 is 1.27 bits per heavy atom. The van der Waals surface area contributed by atoms with Gasteiger partial charge < -0.3 is 16.0 Å². The maximum Gasteiger partial charge on any atom is 0.272 e. The van der Waals surface area contributed by atoms with Gasteiger partial charge in [-0.15, -0.1) is 11.8 Å². The summed E-state index contributed by atoms with van der Waals surface area (Å²) in [5, 5.41) is 8.53. The van der Waals surface area contributed by atoms with Crippen LogP contribution in [0.2, 0.25) is 5.02 Å². The lowest BCUT2D eigenvalue weighted by molar-refractivity contribution is -0.116. The van der Waals surface area contributed by atoms with Gasteiger partial charge in [0, 0.05) is 30.4 Å². The molecule has 0 bridgehead atoms. The van der Waals surface area contributed by atoms with Crippen LogP contribution in [0.15, 0.2) is 144 Å². The Labute approximate surface area is 284 Å². The topological polar surface area (TPSA) is 87.3 Å². The highest BCUT2D eigenvalue weighted by molar-refractivity contribution is 14.1. The predicted octanol–water partition coefficient (Wildman–Crippen LogP) is 8.83. The number of amides is 3. The van der Waals surface area contributed by atoms with Gasteiger partial charge >= 0.3 is 0 Å². The number of hydrogen-bond donors (Lipinski definition) is 3. The van der Waals surface area contributed by atoms with Gasteiger partial charge in [0.05, 0.1) is 0 Å². The standard InChI is InChI=1S/C36H27ClIN3O3S/c37-31-14-8-7-13-26(31)23-32(41-34(42)25-11-5-2-6-12-25)35(43)39-29-19-21-30(22-20-29)45-33(24-9-3-1-4-10-24)36(44)40-28-17-15-27(38)16-18-28/h1-23,33H,(H,39,43)(H,40,44)(H,41,42)/b32-23-. The van der Waals surface area contributed by atoms with Crippen molar-refractivity contribution in [3.8, 4) is 0 Å². The molecule has 5 aromatic carbocycles. The zero-order chi connectivity index (χ0) is 31.6. The number of benzene rings is 5. The highest BCUT2D eigenvalue weighted by Crippen LogP contribution is 2.37. The highest BCUT2D eigenvalue weighted by Gasteiger charge is 2.22. The van der Waals surface area contributed by atoms with Gasteiger partial charge in [0.15, 0.2) is 0 Å². The molecule has 6 nitrogen and oxygen atoms in total. The molecule has 9 heteroatoms. The summed E-state index contributed by atoms with van der Waals surface area (Å²) >= 11 is 9.97. The minimum atomic E-state index is -0.515. The Morgan fingerprint density at radius 3 is 1.93 bits per heavy atom. The molecular formula is C36H27ClIN3O3S. The van der Waals surface area contributed by atoms with E-state index < -0.39 is 17.1 Å². The molecule has 1 unspecified atom stereocenters. The average molecular weight is 744 g/mol. The summed E-state index contributed by atoms with van der Waals surface area (Å²) in [7, 11) is 0. The smallest absolute Gasteiger partial charge is 0.272 e. The van der Waals surface area contributed by atoms with Crippen molar-refractivity contribution in [2.45, 2.75) is 10.1 Å². The molecule has 0 aliphatic heterocycles. The third-order valence-corrected chi connectivity index (χ3v) is 8.88. The zero-order valence-electron chi connectivity index (χ0n) is 23.7. The Bertz CT molecular complexity index is 1820. The third kappa shape index (κ3) is 9.07. The van der Waals surface area contributed by atoms with Crippen molar-refractivity contribution in [2.75, 3.05) is 10.6 Å². The van der Waals surface area contributed by atoms with Crippen LogP contribution in [-0.4, -0.2) is 17.7 Å². The van der Waals surface area contributed by atoms with Gasteiger partial charge in [-0.1, -0.05) is 78.3 Å². The summed E-state index contributed by atoms with van der Waals surface area (Å²) in [6.07, 6.45) is 1.54. The Morgan fingerprint density at radius 1 is 0.689 bits per heavy atom. The molecule has 1 atom stereocenters. The van der Waals surface area contributed by atoms with Crippen molar-refractivity contribution in [1.82, 2.24) is 5.32 Å². The van der Waals surface area contributed by atoms with E-state index in [1.807, 2.05) is 72.8 Å². The normalized spacial score (nSPS) is 11.7. The fraction of sp³-hybridized carbons (Fsp3) is 0.0278. The number of rotatable bonds is 10. The minimum Gasteiger partial charge on any atom is -0.325 e. The van der Waals surface area contributed by atoms with Crippen LogP contribution in [0.3, 0.4) is 0 Å². The summed E-state index contributed by atoms with van der Waals surface area (Å²) in [5.74, 6) is -1.08. The second-order valence-electron chi connectivity index (χ2n) is 9.78. The van der Waals surface area contributed by atoms with Gasteiger partial charge in [0.2, 0.25) is 5.91 Å². The van der Waals surface area contributed by atoms with E-state index in [0.29, 0.717) is 21.8 Å². The lowest BCUT2D eigenvalue weighted by atomic mass is 10.1. The van der Waals surface area contributed by atoms with Crippen molar-refractivity contribution in [3.63, 3.8) is 0 Å². The van der Waals surface area contributed by atoms with Crippen molar-refractivity contribution >= 4 is 81.1 Å². The number of thioether (sulfide) groups is 1. The van der Waals surface area contributed by atoms with Crippen molar-refractivity contribution in [1.29, 1.82) is 0 Å². The maximum atomic E-state index is 13.4. The number of halogens is 2. The van der Waals surface area contributed by atoms with Crippen LogP contribution in [0.5, 0.6) is 0 Å². The van der Waals surface area contributed by atoms with Gasteiger partial charge in [-0.05, 0) is 107 Å². The molecule has 0 saturated heterocycles. The van der Waals surface area contributed by atoms with E-state index in [2.05, 4.69) is 38.5 Å². The van der Waals surface area contributed by atoms with E-state index in [9.17, 15) is 14.4 Å². The van der Waals surface area contributed by atoms with Crippen molar-refractivity contribution in [2.24, 2.45) is 0 Å². The fourth-order valence-corrected chi connectivity index (χ4v) is 5.86. The molecule has 0 aliphatic rings. The van der Waals surface area contributed by atoms with E-state index in [1.54, 1.807) is 66.7 Å². The molecule has 3 N–H and O–H groups in total. The van der Waals surface area contributed by atoms with Gasteiger partial charge in [-0.3, -0.25) is 14.4 Å². The first-order valence-electron chi connectivity index (χ1n) is 13.9. The highest BCUT2D eigenvalue weighted by atomic mass is 127. The summed E-state index contributed by atoms with van der Waals surface area (Å²) in [5.41, 5.74) is 3.14. The average Bonchev–Trinajstić information content (AvgIpc) is 3.06. The molecule has 45 heavy (non-hydrogen) atoms. The van der Waals surface area contributed by atoms with Crippen LogP contribution >= 0.6 is 46.0 Å². The zero-order valence-corrected chi connectivity index (χ0v) is 27.5. The van der Waals surface area contributed by atoms with E-state index in [0.717, 1.165) is 19.7 Å². The summed E-state index contributed by atoms with van der Waals surface area (Å²) in [6, 6.07) is 40.1. The lowest BCUT2D eigenvalue weighted by Crippen LogP contribution is -2.30. The SMILES string of the molecule is O=C(Nc1ccc(SC(C(=O)Nc2ccc(I)cc2)c2ccccc2)cc1)/C(=C/c1ccccc1Cl)NC(=O)c1ccccc1. The van der Waals surface area contributed by atoms with E-state index in [-0.39, 0.29) is 11.6 Å². The molecule has 5 aromatic rings. The quantitative estimate of drug-likeness (QED) is 0.0759. The van der Waals surface area contributed by atoms with Crippen LogP contribution in [0, 0.1) is 3.57 Å². The summed E-state index contributed by atoms with van der Waals surface area (Å²) in [6.45, 7) is 0. The summed E-state index contributed by atoms with van der Waals surface area (Å²) in [4.78, 5) is 40.6. The monoisotopic (exact) mass is 743 g/mol. The Kier molecular flexibility index (Phi) is 11.1. The van der Waals surface area contributed by atoms with Crippen LogP contribution < -0.4 is 16.0 Å². The number of nitrogens with one attached hydrogen (secondary N) is 3. The summed E-state index contributed by atoms with van der Waals surface area (Å²) < 4.78 is 1.08. The Hall–Kier alpha value is -4.38. The second kappa shape index (κ2) is 15.6. The molecule has 0 saturated carbocycles. The van der Waals surface area contributed by atoms with Gasteiger partial charge in [0.1, 0.15) is 10.9 Å². The molecule has 0 aliphatic carbocycles. The molecule has 0 heterocycles. The van der Waals surface area contributed by atoms with Crippen LogP contribution in [0.4, 0.5) is 11.4 Å². The molecule has 0 spiro atoms. The second-order valence-corrected chi connectivity index (χ2v) is 12.6. The molecular weight excluding hydrogens is 717 g/mol. The van der Waals surface area contributed by atoms with Crippen LogP contribution in [0.25, 0.3) is 6.08 Å². The van der Waals surface area contributed by atoms with Crippen LogP contribution in [-0.2, 0) is 9.59 Å². The molecule has 3 amide bonds. The number of carbonyl (C=O) groups is 3. The molecule has 0 aromatic heterocycles. The predicted molar refractivity (Wildman–Crippen MR) is 191 cm³/mol. The van der Waals surface area contributed by atoms with Gasteiger partial charge in [-0.2, -0.15) is 0 Å². The largest absolute Gasteiger partial charge is 0.325 e. The molecule has 0 fully saturated rings. The fourth-order valence-electron chi connectivity index (χ4n) is 4.28. The molecule has 224 valence electrons. The first kappa shape index (κ1) is 32.0. The number of anilines is 2. The van der Waals surface area contributed by atoms with E-state index in [4.69, 9.17) is 11.6 Å². The van der Waals surface area contributed by atoms with Crippen molar-refractivity contribution < 1.29 is 14.4 Å². The minimum absolute atomic E-state index is 0.0341. The molecule has 5 rings (SSSR count). The number of carbonyl (C=O) groups excluding carboxylic acids is 3. The van der Waals surface area contributed by atoms with E-state index >= 15 is 0 Å². The van der Waals surface area contributed by atoms with Crippen molar-refractivity contribution in [3.05, 3.63) is 164 Å². The van der Waals surface area contributed by atoms with E-state index in [1.165, 1.54) is 11.8 Å². The Balaban J connectivity index is 1.33. The maximum absolute atomic E-state index is 13.4. The molecule has 0 radical (unpaired) electrons. The van der Waals surface area contributed by atoms with Gasteiger partial charge in [-0.25, -0.2) is 0 Å². The van der Waals surface area contributed by atoms with Gasteiger partial charge in [0.25, 0.3) is 11.8 Å². The first-order chi connectivity index (χ1) is 21.9. The third-order valence-electron chi connectivity index (χ3n) is 6.55. The lowest BCUT2D eigenvalue weighted by Gasteiger charge is -2.17. The van der Waals surface area contributed by atoms with Crippen LogP contribution in [0.1, 0.15) is 26.7 Å². The first-order valence-corrected chi connectivity index (χ1v) is 16.2. The number of hydrogen-bond acceptors (Lipinski definition) is 4.